The summed E-state index contributed by atoms with van der Waals surface area (Å²) in [6, 6.07) is 0. The first-order valence-electron chi connectivity index (χ1n) is 5.40. The van der Waals surface area contributed by atoms with Crippen LogP contribution in [0.15, 0.2) is 24.5 Å². The zero-order valence-corrected chi connectivity index (χ0v) is 9.48. The Balaban J connectivity index is 2.33. The largest absolute Gasteiger partial charge is 0.497 e. The van der Waals surface area contributed by atoms with Gasteiger partial charge in [-0.05, 0) is 32.3 Å². The maximum Gasteiger partial charge on any atom is 0.317 e. The molecule has 4 heteroatoms. The van der Waals surface area contributed by atoms with Crippen LogP contribution in [0.25, 0.3) is 0 Å². The summed E-state index contributed by atoms with van der Waals surface area (Å²) in [5.74, 6) is -1.60. The maximum atomic E-state index is 10.8. The molecule has 0 saturated heterocycles. The van der Waals surface area contributed by atoms with E-state index >= 15 is 0 Å². The summed E-state index contributed by atoms with van der Waals surface area (Å²) in [6.45, 7) is 5.57. The van der Waals surface area contributed by atoms with Crippen molar-refractivity contribution in [1.82, 2.24) is 0 Å². The van der Waals surface area contributed by atoms with Crippen molar-refractivity contribution in [2.45, 2.75) is 31.8 Å². The fourth-order valence-electron chi connectivity index (χ4n) is 1.72. The molecule has 0 aromatic heterocycles. The maximum absolute atomic E-state index is 10.8. The molecule has 16 heavy (non-hydrogen) atoms. The fraction of sp³-hybridized carbons (Fsp3) is 0.583. The number of carboxylic acid groups (broad SMARTS) is 1. The first-order valence-corrected chi connectivity index (χ1v) is 5.40. The second kappa shape index (κ2) is 5.16. The SMILES string of the molecule is C=CCCCCOC1=CC(C)(O)C1C(=O)O. The number of rotatable bonds is 7. The lowest BCUT2D eigenvalue weighted by atomic mass is 9.77. The highest BCUT2D eigenvalue weighted by atomic mass is 16.5. The van der Waals surface area contributed by atoms with E-state index in [1.54, 1.807) is 0 Å². The number of allylic oxidation sites excluding steroid dienone is 1. The fourth-order valence-corrected chi connectivity index (χ4v) is 1.72. The van der Waals surface area contributed by atoms with Gasteiger partial charge >= 0.3 is 5.97 Å². The van der Waals surface area contributed by atoms with Gasteiger partial charge in [-0.15, -0.1) is 6.58 Å². The van der Waals surface area contributed by atoms with E-state index in [2.05, 4.69) is 6.58 Å². The Hall–Kier alpha value is -1.29. The van der Waals surface area contributed by atoms with E-state index in [-0.39, 0.29) is 0 Å². The van der Waals surface area contributed by atoms with Crippen molar-refractivity contribution in [2.24, 2.45) is 5.92 Å². The molecule has 2 N–H and O–H groups in total. The summed E-state index contributed by atoms with van der Waals surface area (Å²) in [6.07, 6.45) is 6.07. The Bertz CT molecular complexity index is 304. The summed E-state index contributed by atoms with van der Waals surface area (Å²) < 4.78 is 5.32. The Labute approximate surface area is 95.2 Å². The first kappa shape index (κ1) is 12.8. The van der Waals surface area contributed by atoms with Gasteiger partial charge < -0.3 is 14.9 Å². The lowest BCUT2D eigenvalue weighted by Crippen LogP contribution is -2.47. The van der Waals surface area contributed by atoms with Gasteiger partial charge in [-0.2, -0.15) is 0 Å². The number of ether oxygens (including phenoxy) is 1. The van der Waals surface area contributed by atoms with Crippen molar-refractivity contribution in [2.75, 3.05) is 6.61 Å². The van der Waals surface area contributed by atoms with Gasteiger partial charge in [0.1, 0.15) is 17.3 Å². The third kappa shape index (κ3) is 2.85. The lowest BCUT2D eigenvalue weighted by Gasteiger charge is -2.37. The van der Waals surface area contributed by atoms with Crippen molar-refractivity contribution >= 4 is 5.97 Å². The van der Waals surface area contributed by atoms with Crippen LogP contribution in [-0.4, -0.2) is 28.4 Å². The number of aliphatic carboxylic acids is 1. The molecule has 0 aromatic rings. The smallest absolute Gasteiger partial charge is 0.317 e. The van der Waals surface area contributed by atoms with E-state index in [0.717, 1.165) is 19.3 Å². The highest BCUT2D eigenvalue weighted by Gasteiger charge is 2.48. The van der Waals surface area contributed by atoms with Gasteiger partial charge in [0.15, 0.2) is 0 Å². The molecule has 1 rings (SSSR count). The average Bonchev–Trinajstić information content (AvgIpc) is 2.14. The molecule has 0 radical (unpaired) electrons. The Morgan fingerprint density at radius 1 is 1.69 bits per heavy atom. The average molecular weight is 226 g/mol. The molecule has 0 amide bonds. The number of carbonyl (C=O) groups is 1. The number of hydrogen-bond acceptors (Lipinski definition) is 3. The molecule has 2 unspecified atom stereocenters. The third-order valence-corrected chi connectivity index (χ3v) is 2.62. The summed E-state index contributed by atoms with van der Waals surface area (Å²) in [5.41, 5.74) is -1.28. The quantitative estimate of drug-likeness (QED) is 0.512. The summed E-state index contributed by atoms with van der Waals surface area (Å²) in [5, 5.41) is 18.5. The van der Waals surface area contributed by atoms with Gasteiger partial charge in [0.2, 0.25) is 0 Å². The molecule has 90 valence electrons. The van der Waals surface area contributed by atoms with E-state index in [1.807, 2.05) is 6.08 Å². The van der Waals surface area contributed by atoms with Gasteiger partial charge in [0, 0.05) is 0 Å². The van der Waals surface area contributed by atoms with Gasteiger partial charge in [-0.25, -0.2) is 0 Å². The van der Waals surface area contributed by atoms with E-state index < -0.39 is 17.5 Å². The third-order valence-electron chi connectivity index (χ3n) is 2.62. The molecule has 1 aliphatic rings. The van der Waals surface area contributed by atoms with Crippen molar-refractivity contribution in [3.05, 3.63) is 24.5 Å². The second-order valence-electron chi connectivity index (χ2n) is 4.18. The number of hydrogen-bond donors (Lipinski definition) is 2. The Morgan fingerprint density at radius 3 is 2.88 bits per heavy atom. The van der Waals surface area contributed by atoms with Crippen LogP contribution in [0, 0.1) is 5.92 Å². The standard InChI is InChI=1S/C12H18O4/c1-3-4-5-6-7-16-9-8-12(2,15)10(9)11(13)14/h3,8,10,15H,1,4-7H2,2H3,(H,13,14). The van der Waals surface area contributed by atoms with Crippen molar-refractivity contribution in [1.29, 1.82) is 0 Å². The van der Waals surface area contributed by atoms with Crippen molar-refractivity contribution < 1.29 is 19.7 Å². The van der Waals surface area contributed by atoms with Crippen LogP contribution in [0.5, 0.6) is 0 Å². The zero-order chi connectivity index (χ0) is 12.2. The summed E-state index contributed by atoms with van der Waals surface area (Å²) in [4.78, 5) is 10.8. The number of aliphatic hydroxyl groups is 1. The lowest BCUT2D eigenvalue weighted by molar-refractivity contribution is -0.151. The predicted molar refractivity (Wildman–Crippen MR) is 59.8 cm³/mol. The topological polar surface area (TPSA) is 66.8 Å². The van der Waals surface area contributed by atoms with Crippen LogP contribution in [0.2, 0.25) is 0 Å². The number of unbranched alkanes of at least 4 members (excludes halogenated alkanes) is 2. The van der Waals surface area contributed by atoms with Crippen molar-refractivity contribution in [3.63, 3.8) is 0 Å². The van der Waals surface area contributed by atoms with Crippen LogP contribution in [-0.2, 0) is 9.53 Å². The minimum atomic E-state index is -1.28. The predicted octanol–water partition coefficient (Wildman–Crippen LogP) is 1.71. The van der Waals surface area contributed by atoms with Crippen LogP contribution in [0.3, 0.4) is 0 Å². The van der Waals surface area contributed by atoms with Crippen LogP contribution >= 0.6 is 0 Å². The minimum absolute atomic E-state index is 0.371. The molecule has 0 spiro atoms. The van der Waals surface area contributed by atoms with E-state index in [9.17, 15) is 9.90 Å². The molecular weight excluding hydrogens is 208 g/mol. The van der Waals surface area contributed by atoms with E-state index in [0.29, 0.717) is 12.4 Å². The van der Waals surface area contributed by atoms with Crippen molar-refractivity contribution in [3.8, 4) is 0 Å². The molecule has 0 fully saturated rings. The number of carboxylic acids is 1. The summed E-state index contributed by atoms with van der Waals surface area (Å²) >= 11 is 0. The molecule has 1 aliphatic carbocycles. The molecule has 4 nitrogen and oxygen atoms in total. The molecule has 0 aliphatic heterocycles. The second-order valence-corrected chi connectivity index (χ2v) is 4.18. The zero-order valence-electron chi connectivity index (χ0n) is 9.48. The van der Waals surface area contributed by atoms with Crippen LogP contribution < -0.4 is 0 Å². The monoisotopic (exact) mass is 226 g/mol. The highest BCUT2D eigenvalue weighted by molar-refractivity contribution is 5.77. The van der Waals surface area contributed by atoms with Crippen LogP contribution in [0.1, 0.15) is 26.2 Å². The first-order chi connectivity index (χ1) is 7.49. The van der Waals surface area contributed by atoms with Gasteiger partial charge in [-0.1, -0.05) is 6.08 Å². The Kier molecular flexibility index (Phi) is 4.12. The molecule has 2 atom stereocenters. The molecular formula is C12H18O4. The van der Waals surface area contributed by atoms with Gasteiger partial charge in [-0.3, -0.25) is 4.79 Å². The normalized spacial score (nSPS) is 27.9. The molecule has 0 saturated carbocycles. The van der Waals surface area contributed by atoms with E-state index in [1.165, 1.54) is 13.0 Å². The van der Waals surface area contributed by atoms with Gasteiger partial charge in [0.25, 0.3) is 0 Å². The Morgan fingerprint density at radius 2 is 2.38 bits per heavy atom. The highest BCUT2D eigenvalue weighted by Crippen LogP contribution is 2.38. The molecule has 0 aromatic carbocycles. The summed E-state index contributed by atoms with van der Waals surface area (Å²) in [7, 11) is 0. The molecule has 0 heterocycles. The van der Waals surface area contributed by atoms with Gasteiger partial charge in [0.05, 0.1) is 6.61 Å². The minimum Gasteiger partial charge on any atom is -0.497 e. The van der Waals surface area contributed by atoms with E-state index in [4.69, 9.17) is 9.84 Å². The molecule has 0 bridgehead atoms. The van der Waals surface area contributed by atoms with Crippen LogP contribution in [0.4, 0.5) is 0 Å².